The van der Waals surface area contributed by atoms with Gasteiger partial charge in [-0.15, -0.1) is 0 Å². The van der Waals surface area contributed by atoms with Gasteiger partial charge in [0.15, 0.2) is 5.76 Å². The largest absolute Gasteiger partial charge is 0.453 e. The van der Waals surface area contributed by atoms with Gasteiger partial charge < -0.3 is 4.42 Å². The van der Waals surface area contributed by atoms with Crippen LogP contribution in [0.15, 0.2) is 28.7 Å². The summed E-state index contributed by atoms with van der Waals surface area (Å²) in [6, 6.07) is 7.71. The van der Waals surface area contributed by atoms with Crippen LogP contribution in [0.5, 0.6) is 0 Å². The molecule has 0 atom stereocenters. The fourth-order valence-electron chi connectivity index (χ4n) is 2.73. The highest BCUT2D eigenvalue weighted by Gasteiger charge is 2.22. The molecule has 0 aliphatic heterocycles. The average Bonchev–Trinajstić information content (AvgIpc) is 2.98. The fraction of sp³-hybridized carbons (Fsp3) is 0.294. The summed E-state index contributed by atoms with van der Waals surface area (Å²) in [6.07, 6.45) is 0. The fourth-order valence-corrected chi connectivity index (χ4v) is 2.73. The van der Waals surface area contributed by atoms with Crippen molar-refractivity contribution in [2.45, 2.75) is 34.2 Å². The van der Waals surface area contributed by atoms with Crippen LogP contribution < -0.4 is 0 Å². The zero-order valence-electron chi connectivity index (χ0n) is 12.7. The number of furan rings is 1. The molecule has 4 nitrogen and oxygen atoms in total. The molecule has 108 valence electrons. The highest BCUT2D eigenvalue weighted by Crippen LogP contribution is 2.24. The molecule has 1 aromatic carbocycles. The molecule has 0 bridgehead atoms. The molecule has 0 amide bonds. The molecule has 0 saturated heterocycles. The molecule has 2 aromatic heterocycles. The van der Waals surface area contributed by atoms with Crippen LogP contribution in [0.1, 0.15) is 40.0 Å². The maximum Gasteiger partial charge on any atom is 0.231 e. The van der Waals surface area contributed by atoms with Gasteiger partial charge in [-0.2, -0.15) is 5.10 Å². The molecular formula is C17H18N2O2. The Morgan fingerprint density at radius 3 is 2.67 bits per heavy atom. The van der Waals surface area contributed by atoms with Gasteiger partial charge in [0.1, 0.15) is 5.58 Å². The molecule has 3 aromatic rings. The average molecular weight is 282 g/mol. The number of carbonyl (C=O) groups excluding carboxylic acids is 1. The predicted molar refractivity (Wildman–Crippen MR) is 81.8 cm³/mol. The van der Waals surface area contributed by atoms with E-state index < -0.39 is 0 Å². The zero-order valence-corrected chi connectivity index (χ0v) is 12.7. The first-order valence-corrected chi connectivity index (χ1v) is 7.10. The number of ketones is 1. The van der Waals surface area contributed by atoms with Crippen LogP contribution in [0.25, 0.3) is 11.0 Å². The number of benzene rings is 1. The van der Waals surface area contributed by atoms with Gasteiger partial charge in [0.05, 0.1) is 11.3 Å². The second-order valence-electron chi connectivity index (χ2n) is 5.34. The van der Waals surface area contributed by atoms with Gasteiger partial charge in [-0.25, -0.2) is 0 Å². The predicted octanol–water partition coefficient (Wildman–Crippen LogP) is 3.81. The molecular weight excluding hydrogens is 264 g/mol. The first kappa shape index (κ1) is 13.6. The Balaban J connectivity index is 2.10. The van der Waals surface area contributed by atoms with E-state index in [9.17, 15) is 4.79 Å². The highest BCUT2D eigenvalue weighted by atomic mass is 16.3. The van der Waals surface area contributed by atoms with E-state index in [1.54, 1.807) is 0 Å². The van der Waals surface area contributed by atoms with E-state index in [0.717, 1.165) is 34.5 Å². The zero-order chi connectivity index (χ0) is 15.1. The summed E-state index contributed by atoms with van der Waals surface area (Å²) >= 11 is 0. The lowest BCUT2D eigenvalue weighted by Gasteiger charge is -2.00. The van der Waals surface area contributed by atoms with E-state index in [1.807, 2.05) is 56.6 Å². The first-order valence-electron chi connectivity index (χ1n) is 7.10. The van der Waals surface area contributed by atoms with Crippen LogP contribution in [-0.4, -0.2) is 15.6 Å². The van der Waals surface area contributed by atoms with E-state index in [1.165, 1.54) is 0 Å². The minimum Gasteiger partial charge on any atom is -0.453 e. The Morgan fingerprint density at radius 2 is 2.00 bits per heavy atom. The van der Waals surface area contributed by atoms with Crippen LogP contribution in [-0.2, 0) is 6.54 Å². The summed E-state index contributed by atoms with van der Waals surface area (Å²) in [4.78, 5) is 12.7. The second kappa shape index (κ2) is 4.88. The molecule has 0 aliphatic rings. The molecule has 4 heteroatoms. The molecule has 21 heavy (non-hydrogen) atoms. The Morgan fingerprint density at radius 1 is 1.24 bits per heavy atom. The Kier molecular flexibility index (Phi) is 3.16. The van der Waals surface area contributed by atoms with Crippen molar-refractivity contribution in [1.29, 1.82) is 0 Å². The van der Waals surface area contributed by atoms with Crippen molar-refractivity contribution in [2.75, 3.05) is 0 Å². The van der Waals surface area contributed by atoms with E-state index in [0.29, 0.717) is 11.3 Å². The van der Waals surface area contributed by atoms with Gasteiger partial charge in [0, 0.05) is 17.6 Å². The van der Waals surface area contributed by atoms with Gasteiger partial charge in [0.25, 0.3) is 0 Å². The monoisotopic (exact) mass is 282 g/mol. The van der Waals surface area contributed by atoms with E-state index in [2.05, 4.69) is 5.10 Å². The van der Waals surface area contributed by atoms with Crippen molar-refractivity contribution in [3.63, 3.8) is 0 Å². The normalized spacial score (nSPS) is 11.2. The number of hydrogen-bond acceptors (Lipinski definition) is 3. The summed E-state index contributed by atoms with van der Waals surface area (Å²) in [5, 5.41) is 5.35. The van der Waals surface area contributed by atoms with Crippen LogP contribution in [0.4, 0.5) is 0 Å². The number of aromatic nitrogens is 2. The summed E-state index contributed by atoms with van der Waals surface area (Å²) in [7, 11) is 0. The molecule has 0 aliphatic carbocycles. The number of rotatable bonds is 3. The van der Waals surface area contributed by atoms with Crippen molar-refractivity contribution in [3.05, 3.63) is 52.5 Å². The lowest BCUT2D eigenvalue weighted by molar-refractivity contribution is 0.101. The van der Waals surface area contributed by atoms with Crippen molar-refractivity contribution >= 4 is 16.8 Å². The lowest BCUT2D eigenvalue weighted by atomic mass is 10.1. The number of carbonyl (C=O) groups is 1. The van der Waals surface area contributed by atoms with Gasteiger partial charge >= 0.3 is 0 Å². The van der Waals surface area contributed by atoms with Crippen LogP contribution >= 0.6 is 0 Å². The minimum absolute atomic E-state index is 0.0986. The van der Waals surface area contributed by atoms with Crippen molar-refractivity contribution in [1.82, 2.24) is 9.78 Å². The quantitative estimate of drug-likeness (QED) is 0.686. The maximum absolute atomic E-state index is 12.7. The van der Waals surface area contributed by atoms with E-state index in [4.69, 9.17) is 4.42 Å². The molecule has 0 saturated carbocycles. The molecule has 0 unspecified atom stereocenters. The van der Waals surface area contributed by atoms with Gasteiger partial charge in [-0.05, 0) is 45.9 Å². The Bertz CT molecular complexity index is 840. The first-order chi connectivity index (χ1) is 10.0. The highest BCUT2D eigenvalue weighted by molar-refractivity contribution is 6.10. The molecule has 2 heterocycles. The van der Waals surface area contributed by atoms with Crippen molar-refractivity contribution < 1.29 is 9.21 Å². The number of aryl methyl sites for hydroxylation is 3. The number of fused-ring (bicyclic) bond motifs is 1. The molecule has 0 spiro atoms. The molecule has 0 radical (unpaired) electrons. The standard InChI is InChI=1S/C17H18N2O2/c1-5-19-12(4)16(11(3)18-19)17(20)15-9-13-8-10(2)6-7-14(13)21-15/h6-9H,5H2,1-4H3. The van der Waals surface area contributed by atoms with Gasteiger partial charge in [0.2, 0.25) is 5.78 Å². The third-order valence-corrected chi connectivity index (χ3v) is 3.80. The third kappa shape index (κ3) is 2.17. The number of hydrogen-bond donors (Lipinski definition) is 0. The van der Waals surface area contributed by atoms with E-state index in [-0.39, 0.29) is 5.78 Å². The summed E-state index contributed by atoms with van der Waals surface area (Å²) in [5.74, 6) is 0.274. The van der Waals surface area contributed by atoms with Crippen LogP contribution in [0.2, 0.25) is 0 Å². The van der Waals surface area contributed by atoms with Gasteiger partial charge in [-0.1, -0.05) is 11.6 Å². The SMILES string of the molecule is CCn1nc(C)c(C(=O)c2cc3cc(C)ccc3o2)c1C. The van der Waals surface area contributed by atoms with Crippen LogP contribution in [0, 0.1) is 20.8 Å². The molecule has 0 fully saturated rings. The van der Waals surface area contributed by atoms with Crippen molar-refractivity contribution in [2.24, 2.45) is 0 Å². The Labute approximate surface area is 123 Å². The number of nitrogens with zero attached hydrogens (tertiary/aromatic N) is 2. The van der Waals surface area contributed by atoms with Crippen LogP contribution in [0.3, 0.4) is 0 Å². The second-order valence-corrected chi connectivity index (χ2v) is 5.34. The van der Waals surface area contributed by atoms with Crippen molar-refractivity contribution in [3.8, 4) is 0 Å². The Hall–Kier alpha value is -2.36. The smallest absolute Gasteiger partial charge is 0.231 e. The molecule has 3 rings (SSSR count). The maximum atomic E-state index is 12.7. The van der Waals surface area contributed by atoms with E-state index >= 15 is 0 Å². The lowest BCUT2D eigenvalue weighted by Crippen LogP contribution is -2.04. The summed E-state index contributed by atoms with van der Waals surface area (Å²) < 4.78 is 7.55. The summed E-state index contributed by atoms with van der Waals surface area (Å²) in [5.41, 5.74) is 4.16. The minimum atomic E-state index is -0.0986. The molecule has 0 N–H and O–H groups in total. The summed E-state index contributed by atoms with van der Waals surface area (Å²) in [6.45, 7) is 8.56. The topological polar surface area (TPSA) is 48.0 Å². The third-order valence-electron chi connectivity index (χ3n) is 3.80. The van der Waals surface area contributed by atoms with Gasteiger partial charge in [-0.3, -0.25) is 9.48 Å².